The topological polar surface area (TPSA) is 46.9 Å². The van der Waals surface area contributed by atoms with E-state index in [-0.39, 0.29) is 18.3 Å². The Morgan fingerprint density at radius 2 is 2.15 bits per heavy atom. The van der Waals surface area contributed by atoms with Gasteiger partial charge in [-0.25, -0.2) is 0 Å². The molecule has 0 spiro atoms. The fraction of sp³-hybridized carbons (Fsp3) is 0.619. The van der Waals surface area contributed by atoms with E-state index < -0.39 is 0 Å². The average molecular weight is 358 g/mol. The van der Waals surface area contributed by atoms with Crippen LogP contribution in [0.1, 0.15) is 31.2 Å². The number of aliphatic hydroxyl groups excluding tert-OH is 1. The van der Waals surface area contributed by atoms with Crippen molar-refractivity contribution < 1.29 is 14.6 Å². The summed E-state index contributed by atoms with van der Waals surface area (Å²) < 4.78 is 14.1. The second-order valence-electron chi connectivity index (χ2n) is 7.82. The lowest BCUT2D eigenvalue weighted by Crippen LogP contribution is -2.51. The molecular formula is C21H30N2O3. The molecule has 2 fully saturated rings. The van der Waals surface area contributed by atoms with Crippen molar-refractivity contribution >= 4 is 10.9 Å². The Bertz CT molecular complexity index is 759. The monoisotopic (exact) mass is 358 g/mol. The summed E-state index contributed by atoms with van der Waals surface area (Å²) in [7, 11) is 3.95. The Morgan fingerprint density at radius 3 is 2.96 bits per heavy atom. The lowest BCUT2D eigenvalue weighted by Gasteiger charge is -2.43. The lowest BCUT2D eigenvalue weighted by atomic mass is 9.79. The number of nitrogens with zero attached hydrogens (tertiary/aromatic N) is 2. The van der Waals surface area contributed by atoms with Gasteiger partial charge in [0.2, 0.25) is 0 Å². The van der Waals surface area contributed by atoms with E-state index in [1.807, 2.05) is 7.11 Å². The van der Waals surface area contributed by atoms with E-state index in [1.54, 1.807) is 0 Å². The van der Waals surface area contributed by atoms with Crippen molar-refractivity contribution in [2.24, 2.45) is 7.05 Å². The highest BCUT2D eigenvalue weighted by atomic mass is 16.5. The van der Waals surface area contributed by atoms with Crippen LogP contribution in [0.3, 0.4) is 0 Å². The zero-order valence-electron chi connectivity index (χ0n) is 15.9. The minimum atomic E-state index is -0.0318. The molecule has 5 nitrogen and oxygen atoms in total. The van der Waals surface area contributed by atoms with Crippen LogP contribution < -0.4 is 0 Å². The average Bonchev–Trinajstić information content (AvgIpc) is 3.21. The summed E-state index contributed by atoms with van der Waals surface area (Å²) in [4.78, 5) is 2.57. The molecule has 0 bridgehead atoms. The van der Waals surface area contributed by atoms with E-state index in [2.05, 4.69) is 47.0 Å². The molecule has 5 heteroatoms. The van der Waals surface area contributed by atoms with Crippen LogP contribution in [0.5, 0.6) is 0 Å². The van der Waals surface area contributed by atoms with Crippen molar-refractivity contribution in [3.63, 3.8) is 0 Å². The van der Waals surface area contributed by atoms with Gasteiger partial charge in [-0.05, 0) is 54.8 Å². The number of aliphatic hydroxyl groups is 1. The quantitative estimate of drug-likeness (QED) is 0.862. The molecule has 1 aromatic heterocycles. The van der Waals surface area contributed by atoms with Crippen molar-refractivity contribution in [2.45, 2.75) is 50.0 Å². The van der Waals surface area contributed by atoms with Crippen LogP contribution >= 0.6 is 0 Å². The Kier molecular flexibility index (Phi) is 5.06. The van der Waals surface area contributed by atoms with Crippen LogP contribution in [0, 0.1) is 0 Å². The number of aryl methyl sites for hydroxylation is 1. The van der Waals surface area contributed by atoms with E-state index in [0.29, 0.717) is 12.6 Å². The predicted octanol–water partition coefficient (Wildman–Crippen LogP) is 2.70. The third kappa shape index (κ3) is 3.18. The highest BCUT2D eigenvalue weighted by Crippen LogP contribution is 2.43. The molecule has 2 aliphatic rings. The van der Waals surface area contributed by atoms with Gasteiger partial charge in [0.05, 0.1) is 24.9 Å². The minimum absolute atomic E-state index is 0.0318. The van der Waals surface area contributed by atoms with Crippen LogP contribution in [0.4, 0.5) is 0 Å². The molecule has 3 atom stereocenters. The fourth-order valence-electron chi connectivity index (χ4n) is 4.98. The predicted molar refractivity (Wildman–Crippen MR) is 102 cm³/mol. The van der Waals surface area contributed by atoms with Gasteiger partial charge in [0.25, 0.3) is 0 Å². The zero-order valence-corrected chi connectivity index (χ0v) is 15.9. The molecule has 0 radical (unpaired) electrons. The second kappa shape index (κ2) is 7.31. The SMILES string of the molecule is CO[C@@]12CC[C@H](OCCO)C[C@@H]1N(Cc1ccc3c(ccn3C)c1)CC2. The van der Waals surface area contributed by atoms with Crippen molar-refractivity contribution in [1.82, 2.24) is 9.47 Å². The van der Waals surface area contributed by atoms with Crippen LogP contribution in [-0.4, -0.2) is 59.2 Å². The Hall–Kier alpha value is -1.40. The zero-order chi connectivity index (χ0) is 18.1. The van der Waals surface area contributed by atoms with Gasteiger partial charge in [0.15, 0.2) is 0 Å². The molecule has 26 heavy (non-hydrogen) atoms. The minimum Gasteiger partial charge on any atom is -0.394 e. The summed E-state index contributed by atoms with van der Waals surface area (Å²) >= 11 is 0. The maximum Gasteiger partial charge on any atom is 0.0847 e. The Morgan fingerprint density at radius 1 is 1.27 bits per heavy atom. The number of rotatable bonds is 6. The van der Waals surface area contributed by atoms with Gasteiger partial charge >= 0.3 is 0 Å². The molecule has 1 aliphatic carbocycles. The van der Waals surface area contributed by atoms with E-state index in [1.165, 1.54) is 16.5 Å². The third-order valence-electron chi connectivity index (χ3n) is 6.43. The van der Waals surface area contributed by atoms with Gasteiger partial charge in [-0.2, -0.15) is 0 Å². The summed E-state index contributed by atoms with van der Waals surface area (Å²) in [5.74, 6) is 0. The maximum absolute atomic E-state index is 9.05. The first-order valence-corrected chi connectivity index (χ1v) is 9.71. The maximum atomic E-state index is 9.05. The molecule has 142 valence electrons. The molecule has 4 rings (SSSR count). The van der Waals surface area contributed by atoms with Crippen LogP contribution in [-0.2, 0) is 23.1 Å². The van der Waals surface area contributed by atoms with Crippen molar-refractivity contribution in [3.8, 4) is 0 Å². The van der Waals surface area contributed by atoms with Crippen molar-refractivity contribution in [2.75, 3.05) is 26.9 Å². The summed E-state index contributed by atoms with van der Waals surface area (Å²) in [6, 6.07) is 9.35. The van der Waals surface area contributed by atoms with Crippen LogP contribution in [0.15, 0.2) is 30.5 Å². The number of aromatic nitrogens is 1. The largest absolute Gasteiger partial charge is 0.394 e. The smallest absolute Gasteiger partial charge is 0.0847 e. The molecule has 2 aromatic rings. The molecule has 0 unspecified atom stereocenters. The van der Waals surface area contributed by atoms with Gasteiger partial charge in [0, 0.05) is 45.0 Å². The molecule has 0 amide bonds. The van der Waals surface area contributed by atoms with E-state index in [0.717, 1.165) is 38.8 Å². The number of methoxy groups -OCH3 is 1. The van der Waals surface area contributed by atoms with Crippen molar-refractivity contribution in [3.05, 3.63) is 36.0 Å². The molecule has 2 heterocycles. The van der Waals surface area contributed by atoms with Gasteiger partial charge in [-0.3, -0.25) is 4.90 Å². The van der Waals surface area contributed by atoms with Gasteiger partial charge in [-0.1, -0.05) is 6.07 Å². The van der Waals surface area contributed by atoms with Crippen LogP contribution in [0.25, 0.3) is 10.9 Å². The first-order valence-electron chi connectivity index (χ1n) is 9.71. The molecule has 1 saturated carbocycles. The first kappa shape index (κ1) is 18.0. The molecule has 1 aliphatic heterocycles. The number of hydrogen-bond acceptors (Lipinski definition) is 4. The van der Waals surface area contributed by atoms with Gasteiger partial charge < -0.3 is 19.1 Å². The normalized spacial score (nSPS) is 29.3. The lowest BCUT2D eigenvalue weighted by molar-refractivity contribution is -0.104. The number of likely N-dealkylation sites (tertiary alicyclic amines) is 1. The van der Waals surface area contributed by atoms with E-state index in [4.69, 9.17) is 14.6 Å². The molecule has 1 aromatic carbocycles. The fourth-order valence-corrected chi connectivity index (χ4v) is 4.98. The first-order chi connectivity index (χ1) is 12.6. The number of benzene rings is 1. The number of ether oxygens (including phenoxy) is 2. The highest BCUT2D eigenvalue weighted by Gasteiger charge is 2.51. The summed E-state index contributed by atoms with van der Waals surface area (Å²) in [6.07, 6.45) is 6.49. The molecule has 1 N–H and O–H groups in total. The number of hydrogen-bond donors (Lipinski definition) is 1. The summed E-state index contributed by atoms with van der Waals surface area (Å²) in [6.45, 7) is 2.55. The summed E-state index contributed by atoms with van der Waals surface area (Å²) in [5.41, 5.74) is 2.60. The highest BCUT2D eigenvalue weighted by molar-refractivity contribution is 5.80. The molecule has 1 saturated heterocycles. The summed E-state index contributed by atoms with van der Waals surface area (Å²) in [5, 5.41) is 10.4. The van der Waals surface area contributed by atoms with E-state index in [9.17, 15) is 0 Å². The van der Waals surface area contributed by atoms with Crippen LogP contribution in [0.2, 0.25) is 0 Å². The van der Waals surface area contributed by atoms with Gasteiger partial charge in [0.1, 0.15) is 0 Å². The standard InChI is InChI=1S/C21H30N2O3/c1-22-9-6-17-13-16(3-4-19(17)22)15-23-10-8-21(25-2)7-5-18(14-20(21)23)26-12-11-24/h3-4,6,9,13,18,20,24H,5,7-8,10-12,14-15H2,1-2H3/t18-,20-,21+/m0/s1. The number of fused-ring (bicyclic) bond motifs is 2. The van der Waals surface area contributed by atoms with E-state index >= 15 is 0 Å². The second-order valence-corrected chi connectivity index (χ2v) is 7.82. The third-order valence-corrected chi connectivity index (χ3v) is 6.43. The van der Waals surface area contributed by atoms with Gasteiger partial charge in [-0.15, -0.1) is 0 Å². The Labute approximate surface area is 155 Å². The van der Waals surface area contributed by atoms with Crippen molar-refractivity contribution in [1.29, 1.82) is 0 Å². The molecular weight excluding hydrogens is 328 g/mol. The Balaban J connectivity index is 1.51.